The van der Waals surface area contributed by atoms with Gasteiger partial charge in [0.1, 0.15) is 18.8 Å². The maximum atomic E-state index is 13.2. The van der Waals surface area contributed by atoms with Gasteiger partial charge in [0.05, 0.1) is 6.61 Å². The molecule has 1 saturated heterocycles. The molecule has 6 unspecified atom stereocenters. The maximum absolute atomic E-state index is 13.2. The van der Waals surface area contributed by atoms with Gasteiger partial charge < -0.3 is 39.0 Å². The van der Waals surface area contributed by atoms with E-state index in [1.165, 1.54) is 51.4 Å². The minimum Gasteiger partial charge on any atom is -0.479 e. The van der Waals surface area contributed by atoms with Crippen molar-refractivity contribution < 1.29 is 58.2 Å². The Morgan fingerprint density at radius 2 is 0.765 bits per heavy atom. The van der Waals surface area contributed by atoms with Crippen molar-refractivity contribution in [2.75, 3.05) is 13.2 Å². The Hall–Kier alpha value is -5.40. The second-order valence-electron chi connectivity index (χ2n) is 21.6. The van der Waals surface area contributed by atoms with Crippen molar-refractivity contribution in [3.63, 3.8) is 0 Å². The molecule has 1 aliphatic heterocycles. The molecule has 0 amide bonds. The fourth-order valence-corrected chi connectivity index (χ4v) is 8.94. The first-order valence-corrected chi connectivity index (χ1v) is 32.8. The number of allylic oxidation sites excluding steroid dienone is 24. The van der Waals surface area contributed by atoms with Crippen LogP contribution >= 0.6 is 0 Å². The van der Waals surface area contributed by atoms with Crippen molar-refractivity contribution in [3.8, 4) is 0 Å². The minimum absolute atomic E-state index is 0.0169. The van der Waals surface area contributed by atoms with E-state index in [-0.39, 0.29) is 25.9 Å². The van der Waals surface area contributed by atoms with Gasteiger partial charge in [-0.15, -0.1) is 0 Å². The number of aliphatic carboxylic acids is 1. The van der Waals surface area contributed by atoms with Crippen LogP contribution in [0, 0.1) is 0 Å². The van der Waals surface area contributed by atoms with Crippen LogP contribution in [-0.4, -0.2) is 89.2 Å². The topological polar surface area (TPSA) is 175 Å². The molecule has 0 radical (unpaired) electrons. The van der Waals surface area contributed by atoms with Gasteiger partial charge in [-0.1, -0.05) is 237 Å². The summed E-state index contributed by atoms with van der Waals surface area (Å²) in [5, 5.41) is 31.6. The first-order chi connectivity index (χ1) is 41.6. The average Bonchev–Trinajstić information content (AvgIpc) is 3.46. The van der Waals surface area contributed by atoms with E-state index < -0.39 is 67.3 Å². The molecule has 1 fully saturated rings. The molecule has 1 rings (SSSR count). The number of esters is 3. The van der Waals surface area contributed by atoms with E-state index in [0.29, 0.717) is 19.3 Å². The maximum Gasteiger partial charge on any atom is 0.335 e. The zero-order chi connectivity index (χ0) is 61.7. The van der Waals surface area contributed by atoms with Gasteiger partial charge in [0, 0.05) is 19.3 Å². The van der Waals surface area contributed by atoms with Gasteiger partial charge in [-0.25, -0.2) is 4.79 Å². The lowest BCUT2D eigenvalue weighted by atomic mass is 9.98. The smallest absolute Gasteiger partial charge is 0.335 e. The zero-order valence-corrected chi connectivity index (χ0v) is 52.8. The van der Waals surface area contributed by atoms with Crippen LogP contribution in [0.15, 0.2) is 146 Å². The third-order valence-corrected chi connectivity index (χ3v) is 13.9. The summed E-state index contributed by atoms with van der Waals surface area (Å²) in [6, 6.07) is 0. The Morgan fingerprint density at radius 3 is 1.18 bits per heavy atom. The first kappa shape index (κ1) is 77.6. The lowest BCUT2D eigenvalue weighted by Crippen LogP contribution is -2.61. The molecule has 12 heteroatoms. The molecule has 0 aliphatic carbocycles. The fraction of sp³-hybridized carbons (Fsp3) is 0.616. The summed E-state index contributed by atoms with van der Waals surface area (Å²) in [6.45, 7) is 5.67. The normalized spacial score (nSPS) is 18.4. The van der Waals surface area contributed by atoms with E-state index in [0.717, 1.165) is 128 Å². The van der Waals surface area contributed by atoms with Crippen molar-refractivity contribution in [2.45, 2.75) is 276 Å². The molecule has 3 N–H and O–H groups in total. The molecule has 0 bridgehead atoms. The van der Waals surface area contributed by atoms with Crippen molar-refractivity contribution in [1.29, 1.82) is 0 Å². The van der Waals surface area contributed by atoms with Gasteiger partial charge in [-0.05, 0) is 128 Å². The van der Waals surface area contributed by atoms with Crippen LogP contribution in [0.5, 0.6) is 0 Å². The molecular weight excluding hydrogens is 1070 g/mol. The van der Waals surface area contributed by atoms with Crippen LogP contribution in [0.3, 0.4) is 0 Å². The standard InChI is InChI=1S/C73H114O12/c1-4-7-10-13-16-19-22-25-28-31-33-36-38-41-44-47-50-53-56-59-65(74)81-62-64(83-66(75)60-57-54-51-48-45-42-40-37-34-32-29-26-23-20-17-14-11-8-5-2)63-82-73-71(69(78)68(77)70(85-73)72(79)80)84-67(76)61-58-55-52-49-46-43-39-35-30-27-24-21-18-15-12-9-6-3/h7,9-10,12,16-21,25-30,33,36,39,41,43-44,50,53,64,68-71,73,77-78H,4-6,8,11,13-15,22-24,31-32,34-35,37-38,40,42,45-49,51-52,54-63H2,1-3H3,(H,79,80)/b10-7-,12-9-,19-16-,20-17-,21-18-,28-25-,29-26-,30-27-,36-33-,43-39-,44-41-,53-50-. The van der Waals surface area contributed by atoms with Gasteiger partial charge in [-0.3, -0.25) is 14.4 Å². The number of carboxylic acids is 1. The van der Waals surface area contributed by atoms with E-state index in [2.05, 4.69) is 154 Å². The molecule has 0 aromatic carbocycles. The van der Waals surface area contributed by atoms with Crippen molar-refractivity contribution in [3.05, 3.63) is 146 Å². The van der Waals surface area contributed by atoms with Crippen molar-refractivity contribution in [2.24, 2.45) is 0 Å². The van der Waals surface area contributed by atoms with E-state index in [1.807, 2.05) is 12.2 Å². The number of unbranched alkanes of at least 4 members (excludes halogenated alkanes) is 16. The fourth-order valence-electron chi connectivity index (χ4n) is 8.94. The quantitative estimate of drug-likeness (QED) is 0.0228. The SMILES string of the molecule is CC/C=C\C/C=C\C/C=C\C/C=C\C/C=C\C/C=C\CCC(=O)OCC(COC1OC(C(=O)O)C(O)C(O)C1OC(=O)CCCCCC/C=C\C/C=C\C/C=C\C/C=C\CC)OC(=O)CCCCCCCCCCC/C=C\C/C=C\CCCCC. The summed E-state index contributed by atoms with van der Waals surface area (Å²) in [5.41, 5.74) is 0. The Bertz CT molecular complexity index is 2030. The first-order valence-electron chi connectivity index (χ1n) is 32.8. The highest BCUT2D eigenvalue weighted by Crippen LogP contribution is 2.26. The second kappa shape index (κ2) is 59.0. The zero-order valence-electron chi connectivity index (χ0n) is 52.8. The monoisotopic (exact) mass is 1180 g/mol. The van der Waals surface area contributed by atoms with Gasteiger partial charge in [0.25, 0.3) is 0 Å². The highest BCUT2D eigenvalue weighted by molar-refractivity contribution is 5.74. The summed E-state index contributed by atoms with van der Waals surface area (Å²) < 4.78 is 28.4. The summed E-state index contributed by atoms with van der Waals surface area (Å²) in [4.78, 5) is 51.4. The van der Waals surface area contributed by atoms with Gasteiger partial charge in [-0.2, -0.15) is 0 Å². The molecule has 478 valence electrons. The summed E-state index contributed by atoms with van der Waals surface area (Å²) >= 11 is 0. The number of aliphatic hydroxyl groups excluding tert-OH is 2. The van der Waals surface area contributed by atoms with Gasteiger partial charge in [0.15, 0.2) is 24.6 Å². The van der Waals surface area contributed by atoms with Crippen LogP contribution in [-0.2, 0) is 42.9 Å². The van der Waals surface area contributed by atoms with E-state index in [1.54, 1.807) is 0 Å². The number of carbonyl (C=O) groups excluding carboxylic acids is 3. The van der Waals surface area contributed by atoms with Crippen LogP contribution in [0.2, 0.25) is 0 Å². The lowest BCUT2D eigenvalue weighted by molar-refractivity contribution is -0.301. The minimum atomic E-state index is -1.93. The molecule has 0 spiro atoms. The molecule has 0 aromatic rings. The van der Waals surface area contributed by atoms with Crippen molar-refractivity contribution in [1.82, 2.24) is 0 Å². The third-order valence-electron chi connectivity index (χ3n) is 13.9. The molecule has 6 atom stereocenters. The Kier molecular flexibility index (Phi) is 53.8. The predicted molar refractivity (Wildman–Crippen MR) is 349 cm³/mol. The molecule has 0 aromatic heterocycles. The third kappa shape index (κ3) is 48.4. The number of rotatable bonds is 54. The number of hydrogen-bond donors (Lipinski definition) is 3. The molecule has 0 saturated carbocycles. The van der Waals surface area contributed by atoms with E-state index in [4.69, 9.17) is 23.7 Å². The van der Waals surface area contributed by atoms with Crippen molar-refractivity contribution >= 4 is 23.9 Å². The van der Waals surface area contributed by atoms with E-state index in [9.17, 15) is 34.5 Å². The second-order valence-corrected chi connectivity index (χ2v) is 21.6. The molecular formula is C73H114O12. The predicted octanol–water partition coefficient (Wildman–Crippen LogP) is 17.9. The highest BCUT2D eigenvalue weighted by Gasteiger charge is 2.50. The Balaban J connectivity index is 2.73. The van der Waals surface area contributed by atoms with Crippen LogP contribution in [0.1, 0.15) is 239 Å². The number of hydrogen-bond acceptors (Lipinski definition) is 11. The van der Waals surface area contributed by atoms with Crippen LogP contribution in [0.4, 0.5) is 0 Å². The number of carboxylic acid groups (broad SMARTS) is 1. The summed E-state index contributed by atoms with van der Waals surface area (Å²) in [6.07, 6.45) is 72.4. The number of aliphatic hydroxyl groups is 2. The van der Waals surface area contributed by atoms with Crippen LogP contribution < -0.4 is 0 Å². The average molecular weight is 1180 g/mol. The largest absolute Gasteiger partial charge is 0.479 e. The Morgan fingerprint density at radius 1 is 0.400 bits per heavy atom. The highest BCUT2D eigenvalue weighted by atomic mass is 16.7. The van der Waals surface area contributed by atoms with Gasteiger partial charge in [0.2, 0.25) is 0 Å². The summed E-state index contributed by atoms with van der Waals surface area (Å²) in [5.74, 6) is -3.28. The van der Waals surface area contributed by atoms with Crippen LogP contribution in [0.25, 0.3) is 0 Å². The molecule has 1 aliphatic rings. The molecule has 12 nitrogen and oxygen atoms in total. The lowest BCUT2D eigenvalue weighted by Gasteiger charge is -2.40. The summed E-state index contributed by atoms with van der Waals surface area (Å²) in [7, 11) is 0. The van der Waals surface area contributed by atoms with Gasteiger partial charge >= 0.3 is 23.9 Å². The molecule has 1 heterocycles. The van der Waals surface area contributed by atoms with E-state index >= 15 is 0 Å². The number of ether oxygens (including phenoxy) is 5. The molecule has 85 heavy (non-hydrogen) atoms. The Labute approximate surface area is 514 Å². The number of carbonyl (C=O) groups is 4.